The third-order valence-electron chi connectivity index (χ3n) is 12.6. The van der Waals surface area contributed by atoms with Gasteiger partial charge in [0.25, 0.3) is 5.91 Å². The van der Waals surface area contributed by atoms with E-state index in [4.69, 9.17) is 16.6 Å². The fourth-order valence-corrected chi connectivity index (χ4v) is 8.46. The van der Waals surface area contributed by atoms with Crippen molar-refractivity contribution in [1.82, 2.24) is 10.3 Å². The lowest BCUT2D eigenvalue weighted by molar-refractivity contribution is -0.137. The predicted molar refractivity (Wildman–Crippen MR) is 219 cm³/mol. The van der Waals surface area contributed by atoms with Crippen LogP contribution in [0.3, 0.4) is 0 Å². The maximum absolute atomic E-state index is 15.0. The maximum Gasteiger partial charge on any atom is 0.303 e. The van der Waals surface area contributed by atoms with E-state index >= 15 is 4.39 Å². The normalized spacial score (nSPS) is 19.6. The lowest BCUT2D eigenvalue weighted by Crippen LogP contribution is -2.81. The molecule has 0 radical (unpaired) electrons. The minimum atomic E-state index is -1.10. The number of carbonyl (C=O) groups excluding carboxylic acids is 1. The van der Waals surface area contributed by atoms with E-state index in [-0.39, 0.29) is 40.6 Å². The first kappa shape index (κ1) is 37.7. The third kappa shape index (κ3) is 5.93. The third-order valence-corrected chi connectivity index (χ3v) is 13.5. The minimum Gasteiger partial charge on any atom is -0.481 e. The van der Waals surface area contributed by atoms with Crippen molar-refractivity contribution in [3.8, 4) is 0 Å². The number of aromatic nitrogens is 1. The number of benzene rings is 2. The molecule has 0 aliphatic carbocycles. The Bertz CT molecular complexity index is 1750. The zero-order valence-corrected chi connectivity index (χ0v) is 31.6. The second-order valence-electron chi connectivity index (χ2n) is 15.5. The summed E-state index contributed by atoms with van der Waals surface area (Å²) in [5.74, 6) is -3.31. The standard InChI is InChI=1S/C27H37B10BrClF2N3O3/c1-10-18(22(47)42-9-11(2-7-17(45)46)19-14(40)4-5-15(41)20(19)39)13-8-12(38)3-6-16(13)43-21(10)44-26(34,35)24(30,31)23(28,29)25(32,33)27(44,36)37/h3-6,8,11H,2,7,9,28-37H2,1H3,(H,42,47)(H,45,46). The highest BCUT2D eigenvalue weighted by Gasteiger charge is 2.66. The van der Waals surface area contributed by atoms with Crippen molar-refractivity contribution in [2.45, 2.75) is 52.0 Å². The van der Waals surface area contributed by atoms with Crippen LogP contribution in [0.2, 0.25) is 20.7 Å². The van der Waals surface area contributed by atoms with Gasteiger partial charge in [0.15, 0.2) is 0 Å². The monoisotopic (exact) mass is 713 g/mol. The number of carboxylic acid groups (broad SMARTS) is 1. The number of aliphatic carboxylic acids is 1. The van der Waals surface area contributed by atoms with Crippen molar-refractivity contribution >= 4 is 135 Å². The molecule has 0 bridgehead atoms. The van der Waals surface area contributed by atoms with Gasteiger partial charge in [0.1, 0.15) is 48.8 Å². The van der Waals surface area contributed by atoms with Crippen molar-refractivity contribution in [1.29, 1.82) is 0 Å². The zero-order chi connectivity index (χ0) is 35.7. The van der Waals surface area contributed by atoms with Gasteiger partial charge in [-0.15, -0.1) is 0 Å². The Labute approximate surface area is 298 Å². The SMILES string of the molecule is BC1(B)N(c2nc3ccc(Br)cc3c(C(=O)NCC(CCC(=O)O)c3c(F)ccc(F)c3Cl)c2C)C(B)(B)C(B)(B)C(B)(B)C1(B)B. The molecule has 1 amide bonds. The van der Waals surface area contributed by atoms with E-state index < -0.39 is 45.1 Å². The van der Waals surface area contributed by atoms with Crippen LogP contribution in [0.4, 0.5) is 14.6 Å². The van der Waals surface area contributed by atoms with E-state index in [1.165, 1.54) is 0 Å². The number of anilines is 1. The van der Waals surface area contributed by atoms with Crippen molar-refractivity contribution in [2.24, 2.45) is 0 Å². The largest absolute Gasteiger partial charge is 0.481 e. The molecule has 0 spiro atoms. The molecule has 1 fully saturated rings. The molecule has 2 heterocycles. The fraction of sp³-hybridized carbons (Fsp3) is 0.370. The zero-order valence-electron chi connectivity index (χ0n) is 29.3. The Hall–Kier alpha value is -2.13. The topological polar surface area (TPSA) is 82.5 Å². The van der Waals surface area contributed by atoms with E-state index in [1.807, 2.05) is 25.1 Å². The molecular weight excluding hydrogens is 676 g/mol. The number of rotatable bonds is 8. The van der Waals surface area contributed by atoms with Gasteiger partial charge in [-0.3, -0.25) is 9.59 Å². The highest BCUT2D eigenvalue weighted by molar-refractivity contribution is 9.10. The average molecular weight is 713 g/mol. The summed E-state index contributed by atoms with van der Waals surface area (Å²) < 4.78 is 30.2. The number of pyridine rings is 1. The maximum atomic E-state index is 15.0. The lowest BCUT2D eigenvalue weighted by atomic mass is 9.05. The van der Waals surface area contributed by atoms with Gasteiger partial charge < -0.3 is 15.3 Å². The number of nitrogens with zero attached hydrogens (tertiary/aromatic N) is 2. The molecule has 1 unspecified atom stereocenters. The van der Waals surface area contributed by atoms with Crippen LogP contribution in [-0.2, 0) is 4.79 Å². The first-order chi connectivity index (χ1) is 21.4. The quantitative estimate of drug-likeness (QED) is 0.187. The Kier molecular flexibility index (Phi) is 10.1. The van der Waals surface area contributed by atoms with Gasteiger partial charge in [-0.05, 0) is 54.4 Å². The van der Waals surface area contributed by atoms with E-state index in [1.54, 1.807) is 0 Å². The molecule has 2 N–H and O–H groups in total. The van der Waals surface area contributed by atoms with Gasteiger partial charge in [-0.25, -0.2) is 13.8 Å². The summed E-state index contributed by atoms with van der Waals surface area (Å²) in [6, 6.07) is 7.50. The number of carboxylic acids is 1. The second kappa shape index (κ2) is 12.6. The van der Waals surface area contributed by atoms with Gasteiger partial charge in [0, 0.05) is 39.9 Å². The number of amides is 1. The van der Waals surface area contributed by atoms with Crippen LogP contribution in [0, 0.1) is 18.6 Å². The molecule has 236 valence electrons. The minimum absolute atomic E-state index is 0.0569. The molecule has 1 aliphatic rings. The second-order valence-corrected chi connectivity index (χ2v) is 16.8. The average Bonchev–Trinajstić information content (AvgIpc) is 2.95. The van der Waals surface area contributed by atoms with Crippen LogP contribution in [0.1, 0.15) is 40.2 Å². The van der Waals surface area contributed by atoms with E-state index in [0.29, 0.717) is 27.8 Å². The van der Waals surface area contributed by atoms with Gasteiger partial charge in [0.05, 0.1) is 63.2 Å². The number of piperidine rings is 1. The van der Waals surface area contributed by atoms with Crippen LogP contribution < -0.4 is 10.2 Å². The molecule has 0 saturated carbocycles. The molecule has 20 heteroatoms. The van der Waals surface area contributed by atoms with E-state index in [0.717, 1.165) is 16.6 Å². The van der Waals surface area contributed by atoms with Crippen LogP contribution in [0.5, 0.6) is 0 Å². The van der Waals surface area contributed by atoms with Gasteiger partial charge in [-0.2, -0.15) is 0 Å². The molecular formula is C27H37B10BrClF2N3O3. The van der Waals surface area contributed by atoms with E-state index in [2.05, 4.69) is 105 Å². The van der Waals surface area contributed by atoms with Crippen molar-refractivity contribution < 1.29 is 23.5 Å². The molecule has 3 aromatic rings. The summed E-state index contributed by atoms with van der Waals surface area (Å²) in [5.41, 5.74) is 1.56. The van der Waals surface area contributed by atoms with Crippen LogP contribution in [0.25, 0.3) is 10.9 Å². The molecule has 6 nitrogen and oxygen atoms in total. The number of hydrogen-bond donors (Lipinski definition) is 2. The number of fused-ring (bicyclic) bond motifs is 1. The molecule has 1 aliphatic heterocycles. The molecule has 1 atom stereocenters. The van der Waals surface area contributed by atoms with E-state index in [9.17, 15) is 19.1 Å². The molecule has 2 aromatic carbocycles. The van der Waals surface area contributed by atoms with Crippen molar-refractivity contribution in [3.05, 3.63) is 68.2 Å². The molecule has 47 heavy (non-hydrogen) atoms. The predicted octanol–water partition coefficient (Wildman–Crippen LogP) is -3.58. The highest BCUT2D eigenvalue weighted by Crippen LogP contribution is 2.69. The van der Waals surface area contributed by atoms with Crippen molar-refractivity contribution in [3.63, 3.8) is 0 Å². The first-order valence-electron chi connectivity index (χ1n) is 16.0. The Morgan fingerprint density at radius 2 is 1.51 bits per heavy atom. The first-order valence-corrected chi connectivity index (χ1v) is 17.1. The number of carbonyl (C=O) groups is 2. The molecule has 4 rings (SSSR count). The van der Waals surface area contributed by atoms with Crippen molar-refractivity contribution in [2.75, 3.05) is 11.4 Å². The number of nitrogens with one attached hydrogen (secondary N) is 1. The lowest BCUT2D eigenvalue weighted by Gasteiger charge is -2.77. The summed E-state index contributed by atoms with van der Waals surface area (Å²) in [5, 5.41) is 11.1. The smallest absolute Gasteiger partial charge is 0.303 e. The van der Waals surface area contributed by atoms with Crippen LogP contribution in [0.15, 0.2) is 34.8 Å². The van der Waals surface area contributed by atoms with Gasteiger partial charge >= 0.3 is 5.97 Å². The number of hydrogen-bond acceptors (Lipinski definition) is 4. The highest BCUT2D eigenvalue weighted by atomic mass is 79.9. The van der Waals surface area contributed by atoms with Crippen LogP contribution >= 0.6 is 27.5 Å². The number of halogens is 4. The summed E-state index contributed by atoms with van der Waals surface area (Å²) in [6.45, 7) is 1.74. The van der Waals surface area contributed by atoms with Crippen LogP contribution in [-0.4, -0.2) is 118 Å². The van der Waals surface area contributed by atoms with Gasteiger partial charge in [-0.1, -0.05) is 43.2 Å². The Morgan fingerprint density at radius 3 is 2.06 bits per heavy atom. The fourth-order valence-electron chi connectivity index (χ4n) is 7.79. The Balaban J connectivity index is 1.90. The Morgan fingerprint density at radius 1 is 0.957 bits per heavy atom. The molecule has 1 saturated heterocycles. The summed E-state index contributed by atoms with van der Waals surface area (Å²) in [7, 11) is 22.8. The summed E-state index contributed by atoms with van der Waals surface area (Å²) in [6.07, 6.45) is -0.374. The summed E-state index contributed by atoms with van der Waals surface area (Å²) >= 11 is 9.74. The van der Waals surface area contributed by atoms with Gasteiger partial charge in [0.2, 0.25) is 0 Å². The molecule has 1 aromatic heterocycles. The summed E-state index contributed by atoms with van der Waals surface area (Å²) in [4.78, 5) is 33.4.